The zero-order valence-electron chi connectivity index (χ0n) is 11.6. The standard InChI is InChI=1S/C15H10BrNO5S/c1-2-5-22-11-4-3-9(6-10(11)16)7-12-14(20)17(8-13(18)19)15(21)23-12/h1,3-4,6-7H,5,8H2,(H,18,19)/b12-7+. The molecule has 1 N–H and O–H groups in total. The van der Waals surface area contributed by atoms with E-state index in [-0.39, 0.29) is 11.5 Å². The quantitative estimate of drug-likeness (QED) is 0.609. The molecule has 0 saturated carbocycles. The van der Waals surface area contributed by atoms with Crippen LogP contribution in [0, 0.1) is 12.3 Å². The summed E-state index contributed by atoms with van der Waals surface area (Å²) in [4.78, 5) is 35.2. The van der Waals surface area contributed by atoms with Crippen molar-refractivity contribution in [2.45, 2.75) is 0 Å². The highest BCUT2D eigenvalue weighted by molar-refractivity contribution is 9.10. The highest BCUT2D eigenvalue weighted by Gasteiger charge is 2.36. The predicted molar refractivity (Wildman–Crippen MR) is 88.8 cm³/mol. The number of hydrogen-bond donors (Lipinski definition) is 1. The number of carbonyl (C=O) groups is 3. The first-order valence-electron chi connectivity index (χ1n) is 6.25. The Kier molecular flexibility index (Phi) is 5.47. The van der Waals surface area contributed by atoms with E-state index in [1.54, 1.807) is 18.2 Å². The van der Waals surface area contributed by atoms with Crippen LogP contribution in [0.15, 0.2) is 27.6 Å². The number of benzene rings is 1. The Hall–Kier alpha value is -2.24. The number of hydrogen-bond acceptors (Lipinski definition) is 5. The number of imide groups is 1. The topological polar surface area (TPSA) is 83.9 Å². The van der Waals surface area contributed by atoms with Gasteiger partial charge in [-0.25, -0.2) is 0 Å². The summed E-state index contributed by atoms with van der Waals surface area (Å²) in [5.74, 6) is 1.05. The molecule has 23 heavy (non-hydrogen) atoms. The number of carboxylic acids is 1. The van der Waals surface area contributed by atoms with Gasteiger partial charge in [-0.05, 0) is 51.5 Å². The lowest BCUT2D eigenvalue weighted by atomic mass is 10.2. The van der Waals surface area contributed by atoms with Crippen molar-refractivity contribution in [1.29, 1.82) is 0 Å². The van der Waals surface area contributed by atoms with Crippen molar-refractivity contribution in [2.24, 2.45) is 0 Å². The van der Waals surface area contributed by atoms with Gasteiger partial charge in [0, 0.05) is 0 Å². The maximum absolute atomic E-state index is 12.0. The van der Waals surface area contributed by atoms with Crippen LogP contribution in [0.4, 0.5) is 4.79 Å². The van der Waals surface area contributed by atoms with Crippen LogP contribution in [0.3, 0.4) is 0 Å². The van der Waals surface area contributed by atoms with Gasteiger partial charge in [-0.2, -0.15) is 0 Å². The first kappa shape index (κ1) is 17.1. The van der Waals surface area contributed by atoms with Crippen molar-refractivity contribution >= 4 is 50.9 Å². The second kappa shape index (κ2) is 7.35. The van der Waals surface area contributed by atoms with Gasteiger partial charge >= 0.3 is 5.97 Å². The van der Waals surface area contributed by atoms with Gasteiger partial charge in [0.2, 0.25) is 0 Å². The Morgan fingerprint density at radius 3 is 2.83 bits per heavy atom. The average Bonchev–Trinajstić information content (AvgIpc) is 2.74. The third-order valence-corrected chi connectivity index (χ3v) is 4.26. The van der Waals surface area contributed by atoms with E-state index in [1.807, 2.05) is 0 Å². The summed E-state index contributed by atoms with van der Waals surface area (Å²) in [7, 11) is 0. The lowest BCUT2D eigenvalue weighted by Gasteiger charge is -2.08. The van der Waals surface area contributed by atoms with E-state index in [4.69, 9.17) is 16.3 Å². The minimum Gasteiger partial charge on any atom is -0.480 e. The summed E-state index contributed by atoms with van der Waals surface area (Å²) in [6.07, 6.45) is 6.64. The van der Waals surface area contributed by atoms with Crippen LogP contribution in [0.25, 0.3) is 6.08 Å². The normalized spacial score (nSPS) is 15.8. The molecule has 1 aliphatic rings. The minimum atomic E-state index is -1.24. The number of terminal acetylenes is 1. The van der Waals surface area contributed by atoms with E-state index in [0.29, 0.717) is 32.4 Å². The van der Waals surface area contributed by atoms with E-state index < -0.39 is 23.7 Å². The van der Waals surface area contributed by atoms with Crippen molar-refractivity contribution in [3.8, 4) is 18.1 Å². The van der Waals surface area contributed by atoms with Gasteiger partial charge in [0.15, 0.2) is 0 Å². The number of halogens is 1. The summed E-state index contributed by atoms with van der Waals surface area (Å²) in [6, 6.07) is 5.08. The summed E-state index contributed by atoms with van der Waals surface area (Å²) in [5, 5.41) is 8.11. The highest BCUT2D eigenvalue weighted by atomic mass is 79.9. The molecule has 1 aromatic carbocycles. The largest absolute Gasteiger partial charge is 0.480 e. The fourth-order valence-electron chi connectivity index (χ4n) is 1.77. The molecule has 0 bridgehead atoms. The third-order valence-electron chi connectivity index (χ3n) is 2.73. The van der Waals surface area contributed by atoms with Crippen molar-refractivity contribution < 1.29 is 24.2 Å². The molecule has 0 radical (unpaired) electrons. The van der Waals surface area contributed by atoms with Crippen LogP contribution >= 0.6 is 27.7 Å². The molecule has 2 rings (SSSR count). The first-order chi connectivity index (χ1) is 10.9. The van der Waals surface area contributed by atoms with Gasteiger partial charge < -0.3 is 9.84 Å². The van der Waals surface area contributed by atoms with E-state index in [1.165, 1.54) is 6.08 Å². The summed E-state index contributed by atoms with van der Waals surface area (Å²) < 4.78 is 5.95. The van der Waals surface area contributed by atoms with Gasteiger partial charge in [0.1, 0.15) is 18.9 Å². The Labute approximate surface area is 144 Å². The fourth-order valence-corrected chi connectivity index (χ4v) is 3.12. The van der Waals surface area contributed by atoms with Gasteiger partial charge in [-0.3, -0.25) is 19.3 Å². The zero-order valence-corrected chi connectivity index (χ0v) is 14.0. The van der Waals surface area contributed by atoms with E-state index >= 15 is 0 Å². The Balaban J connectivity index is 2.21. The SMILES string of the molecule is C#CCOc1ccc(/C=C2/SC(=O)N(CC(=O)O)C2=O)cc1Br. The molecule has 8 heteroatoms. The number of carboxylic acid groups (broad SMARTS) is 1. The second-order valence-electron chi connectivity index (χ2n) is 4.34. The number of ether oxygens (including phenoxy) is 1. The van der Waals surface area contributed by atoms with Crippen molar-refractivity contribution in [3.63, 3.8) is 0 Å². The van der Waals surface area contributed by atoms with Gasteiger partial charge in [-0.1, -0.05) is 12.0 Å². The molecule has 0 atom stereocenters. The molecule has 0 aliphatic carbocycles. The molecule has 2 amide bonds. The first-order valence-corrected chi connectivity index (χ1v) is 7.86. The van der Waals surface area contributed by atoms with Gasteiger partial charge in [0.05, 0.1) is 9.38 Å². The van der Waals surface area contributed by atoms with Crippen LogP contribution < -0.4 is 4.74 Å². The Morgan fingerprint density at radius 1 is 1.48 bits per heavy atom. The maximum Gasteiger partial charge on any atom is 0.323 e. The van der Waals surface area contributed by atoms with Gasteiger partial charge in [0.25, 0.3) is 11.1 Å². The predicted octanol–water partition coefficient (Wildman–Crippen LogP) is 2.58. The number of rotatable bonds is 5. The molecule has 1 heterocycles. The number of amides is 2. The molecule has 0 spiro atoms. The molecule has 1 saturated heterocycles. The summed E-state index contributed by atoms with van der Waals surface area (Å²) in [5.41, 5.74) is 0.658. The molecule has 0 aromatic heterocycles. The lowest BCUT2D eigenvalue weighted by molar-refractivity contribution is -0.140. The van der Waals surface area contributed by atoms with Crippen LogP contribution in [0.1, 0.15) is 5.56 Å². The molecular formula is C15H10BrNO5S. The number of carbonyl (C=O) groups excluding carboxylic acids is 2. The van der Waals surface area contributed by atoms with E-state index in [9.17, 15) is 14.4 Å². The molecule has 6 nitrogen and oxygen atoms in total. The molecule has 0 unspecified atom stereocenters. The smallest absolute Gasteiger partial charge is 0.323 e. The molecule has 1 aromatic rings. The number of thioether (sulfide) groups is 1. The second-order valence-corrected chi connectivity index (χ2v) is 6.19. The van der Waals surface area contributed by atoms with Crippen LogP contribution in [0.2, 0.25) is 0 Å². The van der Waals surface area contributed by atoms with E-state index in [2.05, 4.69) is 21.9 Å². The molecule has 118 valence electrons. The van der Waals surface area contributed by atoms with Crippen molar-refractivity contribution in [3.05, 3.63) is 33.1 Å². The van der Waals surface area contributed by atoms with Crippen molar-refractivity contribution in [1.82, 2.24) is 4.90 Å². The monoisotopic (exact) mass is 395 g/mol. The van der Waals surface area contributed by atoms with E-state index in [0.717, 1.165) is 0 Å². The molecule has 1 fully saturated rings. The zero-order chi connectivity index (χ0) is 17.0. The highest BCUT2D eigenvalue weighted by Crippen LogP contribution is 2.33. The lowest BCUT2D eigenvalue weighted by Crippen LogP contribution is -2.33. The molecule has 1 aliphatic heterocycles. The average molecular weight is 396 g/mol. The maximum atomic E-state index is 12.0. The van der Waals surface area contributed by atoms with Crippen LogP contribution in [-0.4, -0.2) is 40.3 Å². The Morgan fingerprint density at radius 2 is 2.22 bits per heavy atom. The van der Waals surface area contributed by atoms with Crippen molar-refractivity contribution in [2.75, 3.05) is 13.2 Å². The fraction of sp³-hybridized carbons (Fsp3) is 0.133. The summed E-state index contributed by atoms with van der Waals surface area (Å²) >= 11 is 4.03. The minimum absolute atomic E-state index is 0.131. The van der Waals surface area contributed by atoms with Crippen LogP contribution in [0.5, 0.6) is 5.75 Å². The number of nitrogens with zero attached hydrogens (tertiary/aromatic N) is 1. The van der Waals surface area contributed by atoms with Crippen LogP contribution in [-0.2, 0) is 9.59 Å². The Bertz CT molecular complexity index is 753. The third kappa shape index (κ3) is 4.15. The molecular weight excluding hydrogens is 386 g/mol. The van der Waals surface area contributed by atoms with Gasteiger partial charge in [-0.15, -0.1) is 6.42 Å². The number of aliphatic carboxylic acids is 1. The summed E-state index contributed by atoms with van der Waals surface area (Å²) in [6.45, 7) is -0.517.